The van der Waals surface area contributed by atoms with Crippen LogP contribution in [0, 0.1) is 6.07 Å². The molecule has 0 saturated heterocycles. The van der Waals surface area contributed by atoms with E-state index in [-0.39, 0.29) is 0 Å². The van der Waals surface area contributed by atoms with Gasteiger partial charge in [-0.05, 0) is 23.2 Å². The van der Waals surface area contributed by atoms with Crippen LogP contribution in [0.1, 0.15) is 0 Å². The summed E-state index contributed by atoms with van der Waals surface area (Å²) in [5.41, 5.74) is 2.03. The minimum absolute atomic E-state index is 0.398. The third kappa shape index (κ3) is 0.792. The molecule has 1 aliphatic heterocycles. The van der Waals surface area contributed by atoms with Crippen molar-refractivity contribution in [3.8, 4) is 11.1 Å². The standard InChI is InChI=1S/C8H4ClO/c9-8-4-6-2-1-3-7(6)5-10-8/h1,3-5H. The highest BCUT2D eigenvalue weighted by Crippen LogP contribution is 2.25. The SMILES string of the molecule is Clc1cc2[c]ccc-2co1. The Balaban J connectivity index is 2.75. The van der Waals surface area contributed by atoms with Crippen LogP contribution in [0.4, 0.5) is 0 Å². The van der Waals surface area contributed by atoms with E-state index in [0.717, 1.165) is 11.1 Å². The molecule has 1 radical (unpaired) electrons. The molecule has 0 fully saturated rings. The lowest BCUT2D eigenvalue weighted by Gasteiger charge is -1.95. The van der Waals surface area contributed by atoms with Gasteiger partial charge in [0.1, 0.15) is 6.26 Å². The van der Waals surface area contributed by atoms with Gasteiger partial charge < -0.3 is 4.42 Å². The van der Waals surface area contributed by atoms with Crippen LogP contribution in [-0.2, 0) is 0 Å². The topological polar surface area (TPSA) is 13.1 Å². The summed E-state index contributed by atoms with van der Waals surface area (Å²) in [6, 6.07) is 8.53. The van der Waals surface area contributed by atoms with Crippen molar-refractivity contribution in [1.82, 2.24) is 0 Å². The van der Waals surface area contributed by atoms with Crippen molar-refractivity contribution >= 4 is 11.6 Å². The van der Waals surface area contributed by atoms with Crippen molar-refractivity contribution in [2.75, 3.05) is 0 Å². The van der Waals surface area contributed by atoms with E-state index in [0.29, 0.717) is 5.22 Å². The molecule has 2 heteroatoms. The first-order valence-corrected chi connectivity index (χ1v) is 3.28. The lowest BCUT2D eigenvalue weighted by atomic mass is 10.2. The molecule has 10 heavy (non-hydrogen) atoms. The van der Waals surface area contributed by atoms with Crippen LogP contribution in [0.3, 0.4) is 0 Å². The molecule has 0 N–H and O–H groups in total. The van der Waals surface area contributed by atoms with Gasteiger partial charge in [-0.2, -0.15) is 0 Å². The molecular formula is C8H4ClO. The van der Waals surface area contributed by atoms with Crippen molar-refractivity contribution < 1.29 is 4.42 Å². The Kier molecular flexibility index (Phi) is 1.18. The zero-order valence-electron chi connectivity index (χ0n) is 5.10. The third-order valence-corrected chi connectivity index (χ3v) is 1.57. The molecule has 1 nitrogen and oxygen atoms in total. The molecule has 1 aliphatic carbocycles. The Morgan fingerprint density at radius 2 is 2.40 bits per heavy atom. The molecule has 0 bridgehead atoms. The van der Waals surface area contributed by atoms with Crippen molar-refractivity contribution in [2.45, 2.75) is 0 Å². The zero-order valence-corrected chi connectivity index (χ0v) is 5.85. The quantitative estimate of drug-likeness (QED) is 0.564. The molecule has 0 saturated carbocycles. The smallest absolute Gasteiger partial charge is 0.193 e. The molecule has 49 valence electrons. The second-order valence-electron chi connectivity index (χ2n) is 2.03. The molecule has 0 spiro atoms. The Bertz CT molecular complexity index is 313. The lowest BCUT2D eigenvalue weighted by molar-refractivity contribution is 0.554. The second-order valence-corrected chi connectivity index (χ2v) is 2.40. The molecule has 0 aromatic rings. The van der Waals surface area contributed by atoms with Gasteiger partial charge in [0.15, 0.2) is 5.22 Å². The average Bonchev–Trinajstić information content (AvgIpc) is 2.33. The van der Waals surface area contributed by atoms with Gasteiger partial charge in [0.05, 0.1) is 0 Å². The molecule has 2 rings (SSSR count). The number of halogens is 1. The lowest BCUT2D eigenvalue weighted by Crippen LogP contribution is -1.70. The number of hydrogen-bond acceptors (Lipinski definition) is 1. The molecule has 1 heterocycles. The molecule has 2 aliphatic rings. The monoisotopic (exact) mass is 151 g/mol. The molecule has 0 aromatic carbocycles. The van der Waals surface area contributed by atoms with Crippen LogP contribution in [0.2, 0.25) is 5.22 Å². The van der Waals surface area contributed by atoms with Crippen LogP contribution < -0.4 is 0 Å². The van der Waals surface area contributed by atoms with Crippen LogP contribution in [0.5, 0.6) is 0 Å². The van der Waals surface area contributed by atoms with E-state index >= 15 is 0 Å². The molecular weight excluding hydrogens is 148 g/mol. The summed E-state index contributed by atoms with van der Waals surface area (Å²) in [5.74, 6) is 0. The Morgan fingerprint density at radius 3 is 3.30 bits per heavy atom. The fourth-order valence-corrected chi connectivity index (χ4v) is 1.04. The average molecular weight is 152 g/mol. The van der Waals surface area contributed by atoms with E-state index in [4.69, 9.17) is 16.0 Å². The van der Waals surface area contributed by atoms with Crippen LogP contribution in [0.15, 0.2) is 28.9 Å². The maximum absolute atomic E-state index is 5.59. The Labute approximate surface area is 63.6 Å². The summed E-state index contributed by atoms with van der Waals surface area (Å²) in [7, 11) is 0. The molecule has 0 unspecified atom stereocenters. The molecule has 0 amide bonds. The highest BCUT2D eigenvalue weighted by Gasteiger charge is 2.02. The predicted molar refractivity (Wildman–Crippen MR) is 39.2 cm³/mol. The van der Waals surface area contributed by atoms with E-state index in [1.165, 1.54) is 0 Å². The summed E-state index contributed by atoms with van der Waals surface area (Å²) in [5, 5.41) is 0.398. The van der Waals surface area contributed by atoms with Crippen LogP contribution in [-0.4, -0.2) is 0 Å². The number of fused-ring (bicyclic) bond motifs is 1. The van der Waals surface area contributed by atoms with Gasteiger partial charge in [0, 0.05) is 11.6 Å². The van der Waals surface area contributed by atoms with Gasteiger partial charge in [-0.15, -0.1) is 0 Å². The maximum Gasteiger partial charge on any atom is 0.193 e. The van der Waals surface area contributed by atoms with E-state index < -0.39 is 0 Å². The van der Waals surface area contributed by atoms with Gasteiger partial charge in [0.2, 0.25) is 0 Å². The van der Waals surface area contributed by atoms with Gasteiger partial charge >= 0.3 is 0 Å². The first kappa shape index (κ1) is 5.81. The summed E-state index contributed by atoms with van der Waals surface area (Å²) in [4.78, 5) is 0. The van der Waals surface area contributed by atoms with Crippen LogP contribution >= 0.6 is 11.6 Å². The fraction of sp³-hybridized carbons (Fsp3) is 0. The minimum Gasteiger partial charge on any atom is -0.452 e. The fourth-order valence-electron chi connectivity index (χ4n) is 0.889. The summed E-state index contributed by atoms with van der Waals surface area (Å²) in [6.07, 6.45) is 1.62. The number of rotatable bonds is 0. The Hall–Kier alpha value is -0.950. The van der Waals surface area contributed by atoms with E-state index in [2.05, 4.69) is 6.07 Å². The molecule has 0 atom stereocenters. The van der Waals surface area contributed by atoms with E-state index in [1.807, 2.05) is 12.1 Å². The maximum atomic E-state index is 5.59. The first-order chi connectivity index (χ1) is 4.86. The van der Waals surface area contributed by atoms with Gasteiger partial charge in [-0.1, -0.05) is 12.1 Å². The second kappa shape index (κ2) is 2.03. The summed E-state index contributed by atoms with van der Waals surface area (Å²) in [6.45, 7) is 0. The zero-order chi connectivity index (χ0) is 6.97. The minimum atomic E-state index is 0.398. The summed E-state index contributed by atoms with van der Waals surface area (Å²) < 4.78 is 4.94. The van der Waals surface area contributed by atoms with E-state index in [1.54, 1.807) is 12.3 Å². The van der Waals surface area contributed by atoms with Gasteiger partial charge in [-0.3, -0.25) is 0 Å². The first-order valence-electron chi connectivity index (χ1n) is 2.91. The van der Waals surface area contributed by atoms with E-state index in [9.17, 15) is 0 Å². The molecule has 0 aromatic heterocycles. The highest BCUT2D eigenvalue weighted by atomic mass is 35.5. The van der Waals surface area contributed by atoms with Crippen molar-refractivity contribution in [2.24, 2.45) is 0 Å². The predicted octanol–water partition coefficient (Wildman–Crippen LogP) is 2.84. The highest BCUT2D eigenvalue weighted by molar-refractivity contribution is 6.29. The summed E-state index contributed by atoms with van der Waals surface area (Å²) >= 11 is 5.59. The van der Waals surface area contributed by atoms with Gasteiger partial charge in [-0.25, -0.2) is 0 Å². The normalized spacial score (nSPS) is 10.5. The number of hydrogen-bond donors (Lipinski definition) is 0. The largest absolute Gasteiger partial charge is 0.452 e. The van der Waals surface area contributed by atoms with Crippen molar-refractivity contribution in [1.29, 1.82) is 0 Å². The Morgan fingerprint density at radius 1 is 1.50 bits per heavy atom. The third-order valence-electron chi connectivity index (χ3n) is 1.37. The van der Waals surface area contributed by atoms with Crippen molar-refractivity contribution in [3.63, 3.8) is 0 Å². The van der Waals surface area contributed by atoms with Crippen LogP contribution in [0.25, 0.3) is 11.1 Å². The van der Waals surface area contributed by atoms with Gasteiger partial charge in [0.25, 0.3) is 0 Å². The van der Waals surface area contributed by atoms with Crippen molar-refractivity contribution in [3.05, 3.63) is 35.7 Å².